The molecule has 1 atom stereocenters. The third-order valence-electron chi connectivity index (χ3n) is 2.44. The first-order chi connectivity index (χ1) is 9.11. The Labute approximate surface area is 111 Å². The van der Waals surface area contributed by atoms with Gasteiger partial charge in [-0.2, -0.15) is 5.26 Å². The van der Waals surface area contributed by atoms with Gasteiger partial charge in [0.25, 0.3) is 0 Å². The summed E-state index contributed by atoms with van der Waals surface area (Å²) in [4.78, 5) is 10.7. The lowest BCUT2D eigenvalue weighted by Gasteiger charge is -2.01. The number of aromatic carboxylic acids is 1. The lowest BCUT2D eigenvalue weighted by molar-refractivity contribution is 0.0656. The second-order valence-electron chi connectivity index (χ2n) is 3.68. The maximum Gasteiger partial charge on any atom is 0.371 e. The number of nitrogens with zero attached hydrogens (tertiary/aromatic N) is 1. The van der Waals surface area contributed by atoms with Gasteiger partial charge in [0.2, 0.25) is 5.76 Å². The molecule has 0 aliphatic rings. The molecular weight excluding hydrogens is 266 g/mol. The van der Waals surface area contributed by atoms with Crippen molar-refractivity contribution in [3.63, 3.8) is 0 Å². The fraction of sp³-hybridized carbons (Fsp3) is 0.0769. The summed E-state index contributed by atoms with van der Waals surface area (Å²) in [5.74, 6) is -1.35. The van der Waals surface area contributed by atoms with Crippen LogP contribution in [-0.2, 0) is 16.6 Å². The van der Waals surface area contributed by atoms with Crippen LogP contribution in [0.5, 0.6) is 0 Å². The summed E-state index contributed by atoms with van der Waals surface area (Å²) in [7, 11) is -1.52. The van der Waals surface area contributed by atoms with Crippen molar-refractivity contribution in [3.05, 3.63) is 53.3 Å². The predicted octanol–water partition coefficient (Wildman–Crippen LogP) is 2.16. The number of carbonyl (C=O) groups is 1. The van der Waals surface area contributed by atoms with Gasteiger partial charge in [0.05, 0.1) is 28.2 Å². The largest absolute Gasteiger partial charge is 0.475 e. The molecule has 0 amide bonds. The number of hydrogen-bond donors (Lipinski definition) is 1. The number of hydrogen-bond acceptors (Lipinski definition) is 4. The predicted molar refractivity (Wildman–Crippen MR) is 66.9 cm³/mol. The molecule has 2 rings (SSSR count). The van der Waals surface area contributed by atoms with E-state index in [1.165, 1.54) is 12.1 Å². The quantitative estimate of drug-likeness (QED) is 0.923. The van der Waals surface area contributed by atoms with E-state index in [4.69, 9.17) is 14.8 Å². The Morgan fingerprint density at radius 3 is 2.68 bits per heavy atom. The molecule has 1 aromatic carbocycles. The van der Waals surface area contributed by atoms with Crippen molar-refractivity contribution in [2.24, 2.45) is 0 Å². The molecule has 1 unspecified atom stereocenters. The van der Waals surface area contributed by atoms with Crippen molar-refractivity contribution < 1.29 is 18.5 Å². The molecule has 0 radical (unpaired) electrons. The van der Waals surface area contributed by atoms with Crippen LogP contribution in [0.3, 0.4) is 0 Å². The first kappa shape index (κ1) is 13.1. The molecule has 0 fully saturated rings. The van der Waals surface area contributed by atoms with Crippen LogP contribution in [0.15, 0.2) is 45.9 Å². The van der Waals surface area contributed by atoms with Crippen molar-refractivity contribution in [1.29, 1.82) is 5.26 Å². The summed E-state index contributed by atoms with van der Waals surface area (Å²) in [6.07, 6.45) is 0. The minimum atomic E-state index is -1.52. The maximum atomic E-state index is 12.0. The lowest BCUT2D eigenvalue weighted by Crippen LogP contribution is -1.98. The van der Waals surface area contributed by atoms with Gasteiger partial charge in [-0.15, -0.1) is 0 Å². The smallest absolute Gasteiger partial charge is 0.371 e. The molecule has 1 heterocycles. The third kappa shape index (κ3) is 2.89. The molecule has 5 nitrogen and oxygen atoms in total. The van der Waals surface area contributed by atoms with Gasteiger partial charge >= 0.3 is 5.97 Å². The number of carboxylic acid groups (broad SMARTS) is 1. The molecule has 0 aliphatic heterocycles. The normalized spacial score (nSPS) is 11.7. The third-order valence-corrected chi connectivity index (χ3v) is 3.68. The minimum Gasteiger partial charge on any atom is -0.475 e. The van der Waals surface area contributed by atoms with Gasteiger partial charge in [-0.25, -0.2) is 4.79 Å². The van der Waals surface area contributed by atoms with Gasteiger partial charge in [-0.05, 0) is 23.8 Å². The average molecular weight is 275 g/mol. The Morgan fingerprint density at radius 2 is 2.05 bits per heavy atom. The van der Waals surface area contributed by atoms with Gasteiger partial charge in [-0.1, -0.05) is 18.2 Å². The number of benzene rings is 1. The maximum absolute atomic E-state index is 12.0. The van der Waals surface area contributed by atoms with E-state index >= 15 is 0 Å². The van der Waals surface area contributed by atoms with E-state index in [1.54, 1.807) is 24.3 Å². The number of furan rings is 1. The zero-order valence-electron chi connectivity index (χ0n) is 9.70. The van der Waals surface area contributed by atoms with Crippen LogP contribution in [0.4, 0.5) is 0 Å². The number of carboxylic acids is 1. The molecule has 0 aliphatic carbocycles. The zero-order valence-corrected chi connectivity index (χ0v) is 10.5. The van der Waals surface area contributed by atoms with Gasteiger partial charge in [0.15, 0.2) is 5.09 Å². The molecule has 19 heavy (non-hydrogen) atoms. The molecule has 0 saturated carbocycles. The topological polar surface area (TPSA) is 91.3 Å². The van der Waals surface area contributed by atoms with E-state index in [9.17, 15) is 9.00 Å². The molecule has 6 heteroatoms. The van der Waals surface area contributed by atoms with E-state index in [2.05, 4.69) is 0 Å². The van der Waals surface area contributed by atoms with Crippen LogP contribution >= 0.6 is 0 Å². The van der Waals surface area contributed by atoms with Crippen LogP contribution in [0.1, 0.15) is 21.7 Å². The molecular formula is C13H9NO4S. The monoisotopic (exact) mass is 275 g/mol. The number of nitriles is 1. The van der Waals surface area contributed by atoms with E-state index in [0.717, 1.165) is 0 Å². The molecule has 1 N–H and O–H groups in total. The summed E-state index contributed by atoms with van der Waals surface area (Å²) in [5, 5.41) is 17.7. The van der Waals surface area contributed by atoms with E-state index in [0.29, 0.717) is 11.1 Å². The van der Waals surface area contributed by atoms with Crippen LogP contribution in [0, 0.1) is 11.3 Å². The first-order valence-electron chi connectivity index (χ1n) is 5.31. The minimum absolute atomic E-state index is 0.0881. The van der Waals surface area contributed by atoms with Gasteiger partial charge in [0, 0.05) is 0 Å². The summed E-state index contributed by atoms with van der Waals surface area (Å²) in [5.41, 5.74) is 1.08. The summed E-state index contributed by atoms with van der Waals surface area (Å²) in [6, 6.07) is 11.5. The summed E-state index contributed by atoms with van der Waals surface area (Å²) >= 11 is 0. The van der Waals surface area contributed by atoms with Crippen molar-refractivity contribution >= 4 is 16.8 Å². The van der Waals surface area contributed by atoms with Crippen molar-refractivity contribution in [3.8, 4) is 6.07 Å². The van der Waals surface area contributed by atoms with Gasteiger partial charge in [0.1, 0.15) is 0 Å². The number of rotatable bonds is 4. The highest BCUT2D eigenvalue weighted by Gasteiger charge is 2.15. The Bertz CT molecular complexity index is 684. The van der Waals surface area contributed by atoms with Gasteiger partial charge < -0.3 is 9.52 Å². The van der Waals surface area contributed by atoms with E-state index < -0.39 is 16.8 Å². The molecule has 96 valence electrons. The van der Waals surface area contributed by atoms with Crippen molar-refractivity contribution in [2.75, 3.05) is 0 Å². The average Bonchev–Trinajstić information content (AvgIpc) is 2.89. The zero-order chi connectivity index (χ0) is 13.8. The Balaban J connectivity index is 2.21. The second kappa shape index (κ2) is 5.50. The Morgan fingerprint density at radius 1 is 1.32 bits per heavy atom. The molecule has 0 spiro atoms. The molecule has 2 aromatic rings. The Kier molecular flexibility index (Phi) is 3.78. The summed E-state index contributed by atoms with van der Waals surface area (Å²) < 4.78 is 17.0. The lowest BCUT2D eigenvalue weighted by atomic mass is 10.1. The second-order valence-corrected chi connectivity index (χ2v) is 5.06. The van der Waals surface area contributed by atoms with Crippen molar-refractivity contribution in [2.45, 2.75) is 10.8 Å². The van der Waals surface area contributed by atoms with Gasteiger partial charge in [-0.3, -0.25) is 4.21 Å². The van der Waals surface area contributed by atoms with Crippen LogP contribution in [-0.4, -0.2) is 15.3 Å². The standard InChI is InChI=1S/C13H9NO4S/c14-7-9-3-1-2-4-10(9)8-19(17)12-6-5-11(18-12)13(15)16/h1-6H,8H2,(H,15,16). The first-order valence-corrected chi connectivity index (χ1v) is 6.63. The fourth-order valence-corrected chi connectivity index (χ4v) is 2.60. The SMILES string of the molecule is N#Cc1ccccc1CS(=O)c1ccc(C(=O)O)o1. The highest BCUT2D eigenvalue weighted by atomic mass is 32.2. The van der Waals surface area contributed by atoms with Crippen molar-refractivity contribution in [1.82, 2.24) is 0 Å². The Hall–Kier alpha value is -2.39. The van der Waals surface area contributed by atoms with Crippen LogP contribution in [0.25, 0.3) is 0 Å². The summed E-state index contributed by atoms with van der Waals surface area (Å²) in [6.45, 7) is 0. The van der Waals surface area contributed by atoms with E-state index in [-0.39, 0.29) is 16.6 Å². The molecule has 0 bridgehead atoms. The molecule has 1 aromatic heterocycles. The highest BCUT2D eigenvalue weighted by molar-refractivity contribution is 7.84. The van der Waals surface area contributed by atoms with Crippen LogP contribution in [0.2, 0.25) is 0 Å². The van der Waals surface area contributed by atoms with Crippen LogP contribution < -0.4 is 0 Å². The van der Waals surface area contributed by atoms with E-state index in [1.807, 2.05) is 6.07 Å². The fourth-order valence-electron chi connectivity index (χ4n) is 1.53. The molecule has 0 saturated heterocycles. The highest BCUT2D eigenvalue weighted by Crippen LogP contribution is 2.17.